The first-order valence-corrected chi connectivity index (χ1v) is 6.34. The van der Waals surface area contributed by atoms with Gasteiger partial charge in [0.05, 0.1) is 0 Å². The molecule has 1 saturated heterocycles. The highest BCUT2D eigenvalue weighted by atomic mass is 16.1. The Morgan fingerprint density at radius 1 is 1.35 bits per heavy atom. The minimum absolute atomic E-state index is 0.105. The quantitative estimate of drug-likeness (QED) is 0.840. The van der Waals surface area contributed by atoms with Crippen LogP contribution in [-0.2, 0) is 4.79 Å². The third-order valence-electron chi connectivity index (χ3n) is 3.18. The molecule has 1 aliphatic heterocycles. The van der Waals surface area contributed by atoms with E-state index in [4.69, 9.17) is 0 Å². The average molecular weight is 232 g/mol. The molecule has 2 rings (SSSR count). The van der Waals surface area contributed by atoms with E-state index < -0.39 is 0 Å². The molecular weight excluding hydrogens is 212 g/mol. The summed E-state index contributed by atoms with van der Waals surface area (Å²) in [5.74, 6) is 0.105. The predicted molar refractivity (Wildman–Crippen MR) is 70.1 cm³/mol. The molecule has 1 aromatic rings. The maximum atomic E-state index is 11.8. The summed E-state index contributed by atoms with van der Waals surface area (Å²) in [5, 5.41) is 6.32. The number of anilines is 1. The summed E-state index contributed by atoms with van der Waals surface area (Å²) in [6.07, 6.45) is 4.15. The molecule has 1 amide bonds. The van der Waals surface area contributed by atoms with E-state index in [0.29, 0.717) is 12.5 Å². The second-order valence-electron chi connectivity index (χ2n) is 4.77. The summed E-state index contributed by atoms with van der Waals surface area (Å²) in [6, 6.07) is 8.26. The number of rotatable bonds is 3. The van der Waals surface area contributed by atoms with Crippen LogP contribution in [0.15, 0.2) is 24.3 Å². The van der Waals surface area contributed by atoms with Gasteiger partial charge in [-0.1, -0.05) is 24.1 Å². The summed E-state index contributed by atoms with van der Waals surface area (Å²) in [5.41, 5.74) is 2.09. The van der Waals surface area contributed by atoms with Crippen LogP contribution >= 0.6 is 0 Å². The standard InChI is InChI=1S/C14H20N2O/c1-11-5-7-12(8-6-11)16-14(17)10-13-4-2-3-9-15-13/h5-8,13,15H,2-4,9-10H2,1H3,(H,16,17). The van der Waals surface area contributed by atoms with Crippen LogP contribution in [0.1, 0.15) is 31.2 Å². The number of carbonyl (C=O) groups is 1. The van der Waals surface area contributed by atoms with Crippen LogP contribution in [-0.4, -0.2) is 18.5 Å². The zero-order valence-corrected chi connectivity index (χ0v) is 10.3. The Kier molecular flexibility index (Phi) is 4.15. The van der Waals surface area contributed by atoms with Gasteiger partial charge in [0, 0.05) is 18.2 Å². The number of hydrogen-bond donors (Lipinski definition) is 2. The van der Waals surface area contributed by atoms with Gasteiger partial charge in [0.25, 0.3) is 0 Å². The van der Waals surface area contributed by atoms with E-state index in [2.05, 4.69) is 10.6 Å². The van der Waals surface area contributed by atoms with Gasteiger partial charge in [0.1, 0.15) is 0 Å². The topological polar surface area (TPSA) is 41.1 Å². The Morgan fingerprint density at radius 2 is 2.12 bits per heavy atom. The van der Waals surface area contributed by atoms with E-state index in [1.807, 2.05) is 31.2 Å². The van der Waals surface area contributed by atoms with Gasteiger partial charge >= 0.3 is 0 Å². The van der Waals surface area contributed by atoms with Crippen LogP contribution in [0, 0.1) is 6.92 Å². The van der Waals surface area contributed by atoms with Gasteiger partial charge in [-0.25, -0.2) is 0 Å². The zero-order valence-electron chi connectivity index (χ0n) is 10.3. The maximum absolute atomic E-state index is 11.8. The van der Waals surface area contributed by atoms with E-state index in [9.17, 15) is 4.79 Å². The zero-order chi connectivity index (χ0) is 12.1. The SMILES string of the molecule is Cc1ccc(NC(=O)CC2CCCCN2)cc1. The molecule has 1 fully saturated rings. The fourth-order valence-corrected chi connectivity index (χ4v) is 2.17. The van der Waals surface area contributed by atoms with Crippen molar-refractivity contribution in [1.82, 2.24) is 5.32 Å². The van der Waals surface area contributed by atoms with Crippen molar-refractivity contribution in [2.75, 3.05) is 11.9 Å². The fourth-order valence-electron chi connectivity index (χ4n) is 2.17. The smallest absolute Gasteiger partial charge is 0.225 e. The summed E-state index contributed by atoms with van der Waals surface area (Å²) >= 11 is 0. The number of nitrogens with one attached hydrogen (secondary N) is 2. The number of aryl methyl sites for hydroxylation is 1. The molecule has 0 aliphatic carbocycles. The van der Waals surface area contributed by atoms with Crippen molar-refractivity contribution in [1.29, 1.82) is 0 Å². The molecule has 1 aliphatic rings. The van der Waals surface area contributed by atoms with Crippen molar-refractivity contribution in [3.63, 3.8) is 0 Å². The largest absolute Gasteiger partial charge is 0.326 e. The highest BCUT2D eigenvalue weighted by Gasteiger charge is 2.16. The van der Waals surface area contributed by atoms with Crippen molar-refractivity contribution in [2.45, 2.75) is 38.6 Å². The van der Waals surface area contributed by atoms with Gasteiger partial charge < -0.3 is 10.6 Å². The molecule has 1 aromatic carbocycles. The Balaban J connectivity index is 1.82. The first kappa shape index (κ1) is 12.1. The lowest BCUT2D eigenvalue weighted by Crippen LogP contribution is -2.36. The molecular formula is C14H20N2O. The molecule has 0 saturated carbocycles. The highest BCUT2D eigenvalue weighted by Crippen LogP contribution is 2.13. The first-order valence-electron chi connectivity index (χ1n) is 6.34. The molecule has 0 spiro atoms. The minimum atomic E-state index is 0.105. The Morgan fingerprint density at radius 3 is 2.76 bits per heavy atom. The summed E-state index contributed by atoms with van der Waals surface area (Å²) in [6.45, 7) is 3.08. The van der Waals surface area contributed by atoms with E-state index >= 15 is 0 Å². The Hall–Kier alpha value is -1.35. The maximum Gasteiger partial charge on any atom is 0.225 e. The van der Waals surface area contributed by atoms with Crippen molar-refractivity contribution in [3.05, 3.63) is 29.8 Å². The second kappa shape index (κ2) is 5.82. The minimum Gasteiger partial charge on any atom is -0.326 e. The third kappa shape index (κ3) is 3.86. The fraction of sp³-hybridized carbons (Fsp3) is 0.500. The van der Waals surface area contributed by atoms with Gasteiger partial charge in [-0.2, -0.15) is 0 Å². The van der Waals surface area contributed by atoms with Crippen molar-refractivity contribution >= 4 is 11.6 Å². The van der Waals surface area contributed by atoms with Gasteiger partial charge in [-0.3, -0.25) is 4.79 Å². The molecule has 0 bridgehead atoms. The second-order valence-corrected chi connectivity index (χ2v) is 4.77. The highest BCUT2D eigenvalue weighted by molar-refractivity contribution is 5.91. The van der Waals surface area contributed by atoms with Crippen LogP contribution in [0.4, 0.5) is 5.69 Å². The van der Waals surface area contributed by atoms with Gasteiger partial charge in [-0.15, -0.1) is 0 Å². The van der Waals surface area contributed by atoms with Gasteiger partial charge in [0.2, 0.25) is 5.91 Å². The van der Waals surface area contributed by atoms with E-state index in [1.54, 1.807) is 0 Å². The van der Waals surface area contributed by atoms with Crippen LogP contribution in [0.2, 0.25) is 0 Å². The number of hydrogen-bond acceptors (Lipinski definition) is 2. The summed E-state index contributed by atoms with van der Waals surface area (Å²) in [7, 11) is 0. The lowest BCUT2D eigenvalue weighted by atomic mass is 10.0. The van der Waals surface area contributed by atoms with Crippen molar-refractivity contribution in [2.24, 2.45) is 0 Å². The molecule has 3 nitrogen and oxygen atoms in total. The van der Waals surface area contributed by atoms with E-state index in [1.165, 1.54) is 18.4 Å². The normalized spacial score (nSPS) is 19.9. The third-order valence-corrected chi connectivity index (χ3v) is 3.18. The van der Waals surface area contributed by atoms with Crippen LogP contribution < -0.4 is 10.6 Å². The lowest BCUT2D eigenvalue weighted by molar-refractivity contribution is -0.116. The van der Waals surface area contributed by atoms with E-state index in [0.717, 1.165) is 18.7 Å². The molecule has 1 heterocycles. The lowest BCUT2D eigenvalue weighted by Gasteiger charge is -2.22. The number of piperidine rings is 1. The molecule has 0 aromatic heterocycles. The summed E-state index contributed by atoms with van der Waals surface area (Å²) < 4.78 is 0. The monoisotopic (exact) mass is 232 g/mol. The molecule has 1 atom stereocenters. The summed E-state index contributed by atoms with van der Waals surface area (Å²) in [4.78, 5) is 11.8. The van der Waals surface area contributed by atoms with Crippen molar-refractivity contribution in [3.8, 4) is 0 Å². The predicted octanol–water partition coefficient (Wildman–Crippen LogP) is 2.47. The first-order chi connectivity index (χ1) is 8.24. The van der Waals surface area contributed by atoms with Crippen molar-refractivity contribution < 1.29 is 4.79 Å². The number of carbonyl (C=O) groups excluding carboxylic acids is 1. The van der Waals surface area contributed by atoms with Crippen LogP contribution in [0.5, 0.6) is 0 Å². The molecule has 92 valence electrons. The van der Waals surface area contributed by atoms with Crippen LogP contribution in [0.3, 0.4) is 0 Å². The molecule has 17 heavy (non-hydrogen) atoms. The number of amides is 1. The molecule has 2 N–H and O–H groups in total. The van der Waals surface area contributed by atoms with Crippen LogP contribution in [0.25, 0.3) is 0 Å². The van der Waals surface area contributed by atoms with E-state index in [-0.39, 0.29) is 5.91 Å². The van der Waals surface area contributed by atoms with Gasteiger partial charge in [0.15, 0.2) is 0 Å². The number of benzene rings is 1. The average Bonchev–Trinajstić information content (AvgIpc) is 2.33. The van der Waals surface area contributed by atoms with Gasteiger partial charge in [-0.05, 0) is 38.4 Å². The molecule has 0 radical (unpaired) electrons. The Bertz CT molecular complexity index is 366. The Labute approximate surface area is 103 Å². The molecule has 3 heteroatoms. The molecule has 1 unspecified atom stereocenters.